The number of carbonyl (C=O) groups excluding carboxylic acids is 1. The first-order chi connectivity index (χ1) is 17.2. The van der Waals surface area contributed by atoms with E-state index in [1.807, 2.05) is 31.3 Å². The van der Waals surface area contributed by atoms with Crippen LogP contribution in [0.1, 0.15) is 49.0 Å². The Morgan fingerprint density at radius 2 is 1.54 bits per heavy atom. The van der Waals surface area contributed by atoms with Gasteiger partial charge < -0.3 is 4.74 Å². The van der Waals surface area contributed by atoms with Crippen LogP contribution in [-0.4, -0.2) is 22.5 Å². The van der Waals surface area contributed by atoms with E-state index in [1.54, 1.807) is 6.20 Å². The summed E-state index contributed by atoms with van der Waals surface area (Å²) in [6, 6.07) is 33.2. The van der Waals surface area contributed by atoms with Crippen molar-refractivity contribution in [1.82, 2.24) is 9.88 Å². The first-order valence-electron chi connectivity index (χ1n) is 12.2. The molecule has 178 valence electrons. The quantitative estimate of drug-likeness (QED) is 0.237. The number of pyridine rings is 1. The van der Waals surface area contributed by atoms with E-state index in [0.29, 0.717) is 13.2 Å². The van der Waals surface area contributed by atoms with E-state index >= 15 is 0 Å². The smallest absolute Gasteiger partial charge is 0.307 e. The van der Waals surface area contributed by atoms with E-state index < -0.39 is 0 Å². The minimum Gasteiger partial charge on any atom is -0.466 e. The Hall–Kier alpha value is -3.76. The molecule has 0 N–H and O–H groups in total. The molecule has 0 aliphatic heterocycles. The van der Waals surface area contributed by atoms with Gasteiger partial charge in [-0.25, -0.2) is 0 Å². The van der Waals surface area contributed by atoms with Crippen LogP contribution in [-0.2, 0) is 16.1 Å². The maximum absolute atomic E-state index is 12.8. The van der Waals surface area contributed by atoms with Gasteiger partial charge in [-0.2, -0.15) is 0 Å². The summed E-state index contributed by atoms with van der Waals surface area (Å²) in [4.78, 5) is 19.5. The van der Waals surface area contributed by atoms with E-state index in [2.05, 4.69) is 95.7 Å². The van der Waals surface area contributed by atoms with Gasteiger partial charge in [0.05, 0.1) is 13.0 Å². The van der Waals surface area contributed by atoms with Crippen LogP contribution in [0, 0.1) is 0 Å². The van der Waals surface area contributed by atoms with Crippen molar-refractivity contribution >= 4 is 5.97 Å². The maximum atomic E-state index is 12.8. The molecule has 0 saturated carbocycles. The van der Waals surface area contributed by atoms with Crippen LogP contribution < -0.4 is 0 Å². The highest BCUT2D eigenvalue weighted by Crippen LogP contribution is 2.36. The second kappa shape index (κ2) is 12.1. The fraction of sp³-hybridized carbons (Fsp3) is 0.226. The van der Waals surface area contributed by atoms with Crippen LogP contribution in [0.3, 0.4) is 0 Å². The minimum atomic E-state index is -0.192. The van der Waals surface area contributed by atoms with Crippen molar-refractivity contribution in [2.75, 3.05) is 6.61 Å². The van der Waals surface area contributed by atoms with Gasteiger partial charge in [0.1, 0.15) is 0 Å². The second-order valence-corrected chi connectivity index (χ2v) is 8.64. The molecule has 35 heavy (non-hydrogen) atoms. The normalized spacial score (nSPS) is 12.8. The molecule has 0 aliphatic carbocycles. The zero-order chi connectivity index (χ0) is 24.5. The fourth-order valence-electron chi connectivity index (χ4n) is 4.50. The first kappa shape index (κ1) is 24.4. The van der Waals surface area contributed by atoms with Gasteiger partial charge in [-0.05, 0) is 53.8 Å². The van der Waals surface area contributed by atoms with E-state index in [4.69, 9.17) is 4.74 Å². The topological polar surface area (TPSA) is 42.4 Å². The van der Waals surface area contributed by atoms with Crippen molar-refractivity contribution in [2.24, 2.45) is 0 Å². The molecule has 0 fully saturated rings. The van der Waals surface area contributed by atoms with Crippen molar-refractivity contribution < 1.29 is 9.53 Å². The van der Waals surface area contributed by atoms with Gasteiger partial charge in [0.2, 0.25) is 0 Å². The predicted molar refractivity (Wildman–Crippen MR) is 141 cm³/mol. The Bertz CT molecular complexity index is 1200. The third kappa shape index (κ3) is 6.43. The third-order valence-corrected chi connectivity index (χ3v) is 6.32. The number of esters is 1. The number of nitrogens with zero attached hydrogens (tertiary/aromatic N) is 2. The summed E-state index contributed by atoms with van der Waals surface area (Å²) in [6.07, 6.45) is 3.92. The monoisotopic (exact) mass is 464 g/mol. The number of hydrogen-bond donors (Lipinski definition) is 0. The van der Waals surface area contributed by atoms with Gasteiger partial charge in [-0.3, -0.25) is 14.7 Å². The lowest BCUT2D eigenvalue weighted by molar-refractivity contribution is -0.145. The van der Waals surface area contributed by atoms with Crippen molar-refractivity contribution in [2.45, 2.75) is 38.9 Å². The van der Waals surface area contributed by atoms with E-state index in [1.165, 1.54) is 11.1 Å². The number of carbonyl (C=O) groups is 1. The standard InChI is InChI=1S/C31H32N2O2/c1-3-35-31(34)21-30(28-17-10-16-27(20-28)29-18-11-19-32-22-29)33(23-25-12-6-4-7-13-25)24(2)26-14-8-5-9-15-26/h4-20,22,24,30H,3,21,23H2,1-2H3/t24-,30+/m1/s1. The summed E-state index contributed by atoms with van der Waals surface area (Å²) in [6.45, 7) is 5.14. The molecule has 0 bridgehead atoms. The Morgan fingerprint density at radius 3 is 2.23 bits per heavy atom. The Morgan fingerprint density at radius 1 is 0.857 bits per heavy atom. The number of aromatic nitrogens is 1. The zero-order valence-corrected chi connectivity index (χ0v) is 20.4. The third-order valence-electron chi connectivity index (χ3n) is 6.32. The average molecular weight is 465 g/mol. The van der Waals surface area contributed by atoms with Gasteiger partial charge in [-0.15, -0.1) is 0 Å². The largest absolute Gasteiger partial charge is 0.466 e. The molecule has 4 heteroatoms. The van der Waals surface area contributed by atoms with Crippen molar-refractivity contribution in [3.63, 3.8) is 0 Å². The lowest BCUT2D eigenvalue weighted by Crippen LogP contribution is -2.33. The van der Waals surface area contributed by atoms with Crippen molar-refractivity contribution in [3.05, 3.63) is 126 Å². The molecule has 0 amide bonds. The van der Waals surface area contributed by atoms with E-state index in [0.717, 1.165) is 16.7 Å². The zero-order valence-electron chi connectivity index (χ0n) is 20.4. The summed E-state index contributed by atoms with van der Waals surface area (Å²) in [5.74, 6) is -0.192. The molecular formula is C31H32N2O2. The molecule has 0 saturated heterocycles. The number of rotatable bonds is 10. The maximum Gasteiger partial charge on any atom is 0.307 e. The molecule has 4 aromatic rings. The molecule has 0 aliphatic rings. The van der Waals surface area contributed by atoms with Crippen molar-refractivity contribution in [3.8, 4) is 11.1 Å². The molecule has 0 unspecified atom stereocenters. The number of benzene rings is 3. The van der Waals surface area contributed by atoms with Crippen molar-refractivity contribution in [1.29, 1.82) is 0 Å². The number of hydrogen-bond acceptors (Lipinski definition) is 4. The summed E-state index contributed by atoms with van der Waals surface area (Å²) < 4.78 is 5.42. The molecule has 4 nitrogen and oxygen atoms in total. The predicted octanol–water partition coefficient (Wildman–Crippen LogP) is 7.01. The van der Waals surface area contributed by atoms with Crippen LogP contribution >= 0.6 is 0 Å². The van der Waals surface area contributed by atoms with Crippen LogP contribution in [0.2, 0.25) is 0 Å². The van der Waals surface area contributed by atoms with Crippen LogP contribution in [0.15, 0.2) is 109 Å². The molecule has 1 heterocycles. The summed E-state index contributed by atoms with van der Waals surface area (Å²) in [5, 5.41) is 0. The van der Waals surface area contributed by atoms with Gasteiger partial charge in [-0.1, -0.05) is 84.9 Å². The lowest BCUT2D eigenvalue weighted by Gasteiger charge is -2.37. The summed E-state index contributed by atoms with van der Waals surface area (Å²) in [7, 11) is 0. The second-order valence-electron chi connectivity index (χ2n) is 8.64. The molecule has 3 aromatic carbocycles. The van der Waals surface area contributed by atoms with Gasteiger partial charge >= 0.3 is 5.97 Å². The van der Waals surface area contributed by atoms with Gasteiger partial charge in [0.15, 0.2) is 0 Å². The Labute approximate surface area is 208 Å². The Balaban J connectivity index is 1.78. The highest BCUT2D eigenvalue weighted by molar-refractivity contribution is 5.71. The van der Waals surface area contributed by atoms with Crippen LogP contribution in [0.5, 0.6) is 0 Å². The van der Waals surface area contributed by atoms with Gasteiger partial charge in [0.25, 0.3) is 0 Å². The highest BCUT2D eigenvalue weighted by atomic mass is 16.5. The van der Waals surface area contributed by atoms with Crippen LogP contribution in [0.25, 0.3) is 11.1 Å². The molecule has 4 rings (SSSR count). The Kier molecular flexibility index (Phi) is 8.42. The average Bonchev–Trinajstić information content (AvgIpc) is 2.92. The van der Waals surface area contributed by atoms with Crippen LogP contribution in [0.4, 0.5) is 0 Å². The molecule has 2 atom stereocenters. The molecule has 0 radical (unpaired) electrons. The molecule has 1 aromatic heterocycles. The summed E-state index contributed by atoms with van der Waals surface area (Å²) in [5.41, 5.74) is 5.62. The first-order valence-corrected chi connectivity index (χ1v) is 12.2. The minimum absolute atomic E-state index is 0.0814. The number of ether oxygens (including phenoxy) is 1. The lowest BCUT2D eigenvalue weighted by atomic mass is 9.94. The SMILES string of the molecule is CCOC(=O)C[C@@H](c1cccc(-c2cccnc2)c1)N(Cc1ccccc1)[C@H](C)c1ccccc1. The fourth-order valence-corrected chi connectivity index (χ4v) is 4.50. The van der Waals surface area contributed by atoms with E-state index in [-0.39, 0.29) is 24.5 Å². The molecular weight excluding hydrogens is 432 g/mol. The van der Waals surface area contributed by atoms with E-state index in [9.17, 15) is 4.79 Å². The summed E-state index contributed by atoms with van der Waals surface area (Å²) >= 11 is 0. The molecule has 0 spiro atoms. The van der Waals surface area contributed by atoms with Gasteiger partial charge in [0, 0.05) is 31.0 Å². The highest BCUT2D eigenvalue weighted by Gasteiger charge is 2.29.